The van der Waals surface area contributed by atoms with Crippen LogP contribution in [0.2, 0.25) is 0 Å². The maximum atomic E-state index is 12.9. The van der Waals surface area contributed by atoms with E-state index >= 15 is 0 Å². The van der Waals surface area contributed by atoms with E-state index in [0.717, 1.165) is 31.5 Å². The van der Waals surface area contributed by atoms with Gasteiger partial charge in [-0.2, -0.15) is 0 Å². The van der Waals surface area contributed by atoms with E-state index in [1.165, 1.54) is 7.11 Å². The molecule has 1 saturated heterocycles. The Hall–Kier alpha value is -2.82. The van der Waals surface area contributed by atoms with Gasteiger partial charge in [-0.15, -0.1) is 0 Å². The number of benzene rings is 2. The van der Waals surface area contributed by atoms with Gasteiger partial charge >= 0.3 is 5.97 Å². The molecule has 1 heterocycles. The van der Waals surface area contributed by atoms with Gasteiger partial charge in [-0.3, -0.25) is 4.79 Å². The lowest BCUT2D eigenvalue weighted by Crippen LogP contribution is -2.35. The first kappa shape index (κ1) is 17.0. The molecule has 0 aromatic heterocycles. The summed E-state index contributed by atoms with van der Waals surface area (Å²) in [6.07, 6.45) is 1.37. The van der Waals surface area contributed by atoms with Crippen LogP contribution in [0, 0.1) is 0 Å². The monoisotopic (exact) mass is 339 g/mol. The van der Waals surface area contributed by atoms with E-state index < -0.39 is 12.1 Å². The first-order valence-corrected chi connectivity index (χ1v) is 8.38. The number of amides is 1. The molecule has 0 aliphatic carbocycles. The van der Waals surface area contributed by atoms with Crippen molar-refractivity contribution in [3.05, 3.63) is 65.7 Å². The standard InChI is InChI=1S/C20H21NO4/c1-24-20(23)16-9-11-17(12-10-16)25-18(15-7-3-2-4-8-15)19(22)21-13-5-6-14-21/h2-4,7-12,18H,5-6,13-14H2,1H3/t18-/m0/s1. The molecular weight excluding hydrogens is 318 g/mol. The Labute approximate surface area is 147 Å². The molecule has 1 amide bonds. The van der Waals surface area contributed by atoms with Gasteiger partial charge in [-0.25, -0.2) is 4.79 Å². The average Bonchev–Trinajstić information content (AvgIpc) is 3.21. The van der Waals surface area contributed by atoms with E-state index in [9.17, 15) is 9.59 Å². The largest absolute Gasteiger partial charge is 0.476 e. The summed E-state index contributed by atoms with van der Waals surface area (Å²) < 4.78 is 10.7. The summed E-state index contributed by atoms with van der Waals surface area (Å²) in [5, 5.41) is 0. The molecule has 5 heteroatoms. The molecule has 2 aromatic carbocycles. The van der Waals surface area contributed by atoms with Crippen LogP contribution < -0.4 is 4.74 Å². The number of likely N-dealkylation sites (tertiary alicyclic amines) is 1. The zero-order chi connectivity index (χ0) is 17.6. The van der Waals surface area contributed by atoms with Crippen LogP contribution in [-0.4, -0.2) is 37.0 Å². The molecule has 130 valence electrons. The van der Waals surface area contributed by atoms with Gasteiger partial charge in [0.05, 0.1) is 12.7 Å². The van der Waals surface area contributed by atoms with Gasteiger partial charge in [0.25, 0.3) is 5.91 Å². The SMILES string of the molecule is COC(=O)c1ccc(O[C@H](C(=O)N2CCCC2)c2ccccc2)cc1. The number of ether oxygens (including phenoxy) is 2. The van der Waals surface area contributed by atoms with E-state index in [0.29, 0.717) is 11.3 Å². The summed E-state index contributed by atoms with van der Waals surface area (Å²) in [6.45, 7) is 1.54. The minimum Gasteiger partial charge on any atom is -0.476 e. The number of hydrogen-bond acceptors (Lipinski definition) is 4. The molecular formula is C20H21NO4. The third-order valence-electron chi connectivity index (χ3n) is 4.27. The molecule has 1 atom stereocenters. The fourth-order valence-electron chi connectivity index (χ4n) is 2.92. The predicted molar refractivity (Wildman–Crippen MR) is 93.4 cm³/mol. The van der Waals surface area contributed by atoms with Crippen molar-refractivity contribution >= 4 is 11.9 Å². The van der Waals surface area contributed by atoms with Crippen LogP contribution in [0.3, 0.4) is 0 Å². The smallest absolute Gasteiger partial charge is 0.337 e. The molecule has 25 heavy (non-hydrogen) atoms. The van der Waals surface area contributed by atoms with Crippen molar-refractivity contribution in [2.75, 3.05) is 20.2 Å². The fraction of sp³-hybridized carbons (Fsp3) is 0.300. The van der Waals surface area contributed by atoms with E-state index in [1.54, 1.807) is 24.3 Å². The first-order chi connectivity index (χ1) is 12.2. The van der Waals surface area contributed by atoms with E-state index in [1.807, 2.05) is 35.2 Å². The lowest BCUT2D eigenvalue weighted by atomic mass is 10.1. The highest BCUT2D eigenvalue weighted by molar-refractivity contribution is 5.89. The Bertz CT molecular complexity index is 721. The van der Waals surface area contributed by atoms with Crippen LogP contribution in [0.15, 0.2) is 54.6 Å². The Kier molecular flexibility index (Phi) is 5.33. The van der Waals surface area contributed by atoms with Crippen molar-refractivity contribution in [1.29, 1.82) is 0 Å². The van der Waals surface area contributed by atoms with Crippen LogP contribution in [0.25, 0.3) is 0 Å². The quantitative estimate of drug-likeness (QED) is 0.785. The van der Waals surface area contributed by atoms with E-state index in [-0.39, 0.29) is 5.91 Å². The Morgan fingerprint density at radius 2 is 1.60 bits per heavy atom. The molecule has 0 saturated carbocycles. The highest BCUT2D eigenvalue weighted by Crippen LogP contribution is 2.26. The fourth-order valence-corrected chi connectivity index (χ4v) is 2.92. The molecule has 0 unspecified atom stereocenters. The number of methoxy groups -OCH3 is 1. The topological polar surface area (TPSA) is 55.8 Å². The minimum absolute atomic E-state index is 0.0271. The summed E-state index contributed by atoms with van der Waals surface area (Å²) >= 11 is 0. The number of hydrogen-bond donors (Lipinski definition) is 0. The maximum Gasteiger partial charge on any atom is 0.337 e. The third-order valence-corrected chi connectivity index (χ3v) is 4.27. The normalized spacial score (nSPS) is 14.8. The zero-order valence-corrected chi connectivity index (χ0v) is 14.2. The van der Waals surface area contributed by atoms with E-state index in [2.05, 4.69) is 0 Å². The summed E-state index contributed by atoms with van der Waals surface area (Å²) in [5.41, 5.74) is 1.26. The van der Waals surface area contributed by atoms with Crippen LogP contribution >= 0.6 is 0 Å². The minimum atomic E-state index is -0.691. The van der Waals surface area contributed by atoms with Crippen LogP contribution in [0.1, 0.15) is 34.9 Å². The van der Waals surface area contributed by atoms with Crippen molar-refractivity contribution in [2.45, 2.75) is 18.9 Å². The highest BCUT2D eigenvalue weighted by atomic mass is 16.5. The second kappa shape index (κ2) is 7.83. The van der Waals surface area contributed by atoms with Crippen molar-refractivity contribution in [3.8, 4) is 5.75 Å². The molecule has 0 bridgehead atoms. The number of esters is 1. The Morgan fingerprint density at radius 3 is 2.20 bits per heavy atom. The van der Waals surface area contributed by atoms with Gasteiger partial charge in [0.2, 0.25) is 6.10 Å². The van der Waals surface area contributed by atoms with Crippen LogP contribution in [0.4, 0.5) is 0 Å². The maximum absolute atomic E-state index is 12.9. The van der Waals surface area contributed by atoms with Crippen molar-refractivity contribution in [3.63, 3.8) is 0 Å². The van der Waals surface area contributed by atoms with Gasteiger partial charge in [0, 0.05) is 18.7 Å². The number of nitrogens with zero attached hydrogens (tertiary/aromatic N) is 1. The molecule has 0 spiro atoms. The molecule has 0 N–H and O–H groups in total. The summed E-state index contributed by atoms with van der Waals surface area (Å²) in [4.78, 5) is 26.3. The van der Waals surface area contributed by atoms with Gasteiger partial charge in [0.15, 0.2) is 0 Å². The van der Waals surface area contributed by atoms with Gasteiger partial charge in [-0.05, 0) is 37.1 Å². The molecule has 5 nitrogen and oxygen atoms in total. The second-order valence-corrected chi connectivity index (χ2v) is 5.96. The van der Waals surface area contributed by atoms with Crippen molar-refractivity contribution in [2.24, 2.45) is 0 Å². The molecule has 1 aliphatic rings. The number of rotatable bonds is 5. The van der Waals surface area contributed by atoms with Crippen molar-refractivity contribution < 1.29 is 19.1 Å². The second-order valence-electron chi connectivity index (χ2n) is 5.96. The Morgan fingerprint density at radius 1 is 0.960 bits per heavy atom. The van der Waals surface area contributed by atoms with Gasteiger partial charge in [-0.1, -0.05) is 30.3 Å². The van der Waals surface area contributed by atoms with Crippen molar-refractivity contribution in [1.82, 2.24) is 4.90 Å². The predicted octanol–water partition coefficient (Wildman–Crippen LogP) is 3.22. The first-order valence-electron chi connectivity index (χ1n) is 8.38. The molecule has 0 radical (unpaired) electrons. The summed E-state index contributed by atoms with van der Waals surface area (Å²) in [6, 6.07) is 16.1. The van der Waals surface area contributed by atoms with E-state index in [4.69, 9.17) is 9.47 Å². The third kappa shape index (κ3) is 3.99. The summed E-state index contributed by atoms with van der Waals surface area (Å²) in [5.74, 6) is 0.106. The highest BCUT2D eigenvalue weighted by Gasteiger charge is 2.29. The lowest BCUT2D eigenvalue weighted by Gasteiger charge is -2.24. The van der Waals surface area contributed by atoms with Crippen LogP contribution in [0.5, 0.6) is 5.75 Å². The molecule has 3 rings (SSSR count). The molecule has 1 aliphatic heterocycles. The number of carbonyl (C=O) groups is 2. The average molecular weight is 339 g/mol. The van der Waals surface area contributed by atoms with Gasteiger partial charge < -0.3 is 14.4 Å². The van der Waals surface area contributed by atoms with Crippen LogP contribution in [-0.2, 0) is 9.53 Å². The lowest BCUT2D eigenvalue weighted by molar-refractivity contribution is -0.138. The molecule has 1 fully saturated rings. The Balaban J connectivity index is 1.82. The van der Waals surface area contributed by atoms with Gasteiger partial charge in [0.1, 0.15) is 5.75 Å². The molecule has 2 aromatic rings. The number of carbonyl (C=O) groups excluding carboxylic acids is 2. The zero-order valence-electron chi connectivity index (χ0n) is 14.2. The summed E-state index contributed by atoms with van der Waals surface area (Å²) in [7, 11) is 1.34.